The average molecular weight is 223 g/mol. The molecule has 15 heavy (non-hydrogen) atoms. The van der Waals surface area contributed by atoms with Gasteiger partial charge in [-0.15, -0.1) is 0 Å². The van der Waals surface area contributed by atoms with E-state index in [-0.39, 0.29) is 17.0 Å². The Morgan fingerprint density at radius 3 is 3.13 bits per heavy atom. The van der Waals surface area contributed by atoms with Crippen molar-refractivity contribution in [1.29, 1.82) is 5.26 Å². The molecule has 0 aliphatic rings. The minimum atomic E-state index is -0.567. The fourth-order valence-corrected chi connectivity index (χ4v) is 1.58. The van der Waals surface area contributed by atoms with Crippen molar-refractivity contribution >= 4 is 22.9 Å². The number of aromatic nitrogens is 4. The number of thioether (sulfide) groups is 1. The number of nitrogens with zero attached hydrogens (tertiary/aromatic N) is 3. The van der Waals surface area contributed by atoms with E-state index in [1.807, 2.05) is 0 Å². The third-order valence-electron chi connectivity index (χ3n) is 1.83. The Balaban J connectivity index is 2.69. The molecule has 0 atom stereocenters. The van der Waals surface area contributed by atoms with E-state index in [4.69, 9.17) is 5.26 Å². The summed E-state index contributed by atoms with van der Waals surface area (Å²) in [5.74, 6) is -0.000370. The maximum Gasteiger partial charge on any atom is 0.330 e. The molecule has 2 rings (SSSR count). The number of aromatic amines is 2. The summed E-state index contributed by atoms with van der Waals surface area (Å²) in [4.78, 5) is 31.9. The number of imidazole rings is 1. The lowest BCUT2D eigenvalue weighted by Crippen LogP contribution is -2.34. The standard InChI is InChI=1S/C7H5N5O2S/c8-1-15-3-12-6(13)4-5(10-2-9-4)11-7(12)14/h2H,3H2,(H,9,10)(H,11,14). The molecule has 0 saturated heterocycles. The molecule has 0 unspecified atom stereocenters. The predicted octanol–water partition coefficient (Wildman–Crippen LogP) is -0.415. The first-order chi connectivity index (χ1) is 7.24. The van der Waals surface area contributed by atoms with Gasteiger partial charge in [-0.05, 0) is 11.8 Å². The normalized spacial score (nSPS) is 10.3. The molecule has 0 aliphatic carbocycles. The van der Waals surface area contributed by atoms with Crippen molar-refractivity contribution in [2.75, 3.05) is 0 Å². The van der Waals surface area contributed by atoms with Gasteiger partial charge in [0.2, 0.25) is 0 Å². The highest BCUT2D eigenvalue weighted by atomic mass is 32.2. The van der Waals surface area contributed by atoms with Gasteiger partial charge in [-0.25, -0.2) is 14.3 Å². The molecule has 0 bridgehead atoms. The van der Waals surface area contributed by atoms with E-state index < -0.39 is 11.2 Å². The summed E-state index contributed by atoms with van der Waals surface area (Å²) in [6.07, 6.45) is 1.32. The van der Waals surface area contributed by atoms with Crippen LogP contribution in [0.1, 0.15) is 0 Å². The third-order valence-corrected chi connectivity index (χ3v) is 2.34. The molecule has 0 spiro atoms. The Morgan fingerprint density at radius 2 is 2.40 bits per heavy atom. The second kappa shape index (κ2) is 3.62. The number of H-pyrrole nitrogens is 2. The topological polar surface area (TPSA) is 107 Å². The molecular weight excluding hydrogens is 218 g/mol. The molecule has 7 nitrogen and oxygen atoms in total. The zero-order valence-corrected chi connectivity index (χ0v) is 8.17. The van der Waals surface area contributed by atoms with E-state index >= 15 is 0 Å². The number of rotatable bonds is 2. The molecule has 76 valence electrons. The second-order valence-corrected chi connectivity index (χ2v) is 3.38. The van der Waals surface area contributed by atoms with Crippen LogP contribution in [-0.4, -0.2) is 19.5 Å². The first kappa shape index (κ1) is 9.54. The van der Waals surface area contributed by atoms with Gasteiger partial charge in [0.1, 0.15) is 10.9 Å². The van der Waals surface area contributed by atoms with Gasteiger partial charge in [0.15, 0.2) is 5.65 Å². The summed E-state index contributed by atoms with van der Waals surface area (Å²) >= 11 is 0.815. The van der Waals surface area contributed by atoms with Crippen LogP contribution in [0, 0.1) is 10.7 Å². The molecule has 8 heteroatoms. The Labute approximate surface area is 86.8 Å². The summed E-state index contributed by atoms with van der Waals surface area (Å²) in [6.45, 7) is 0. The van der Waals surface area contributed by atoms with Crippen molar-refractivity contribution in [3.05, 3.63) is 27.2 Å². The lowest BCUT2D eigenvalue weighted by atomic mass is 10.5. The number of fused-ring (bicyclic) bond motifs is 1. The highest BCUT2D eigenvalue weighted by molar-refractivity contribution is 8.02. The predicted molar refractivity (Wildman–Crippen MR) is 54.2 cm³/mol. The van der Waals surface area contributed by atoms with Gasteiger partial charge in [-0.3, -0.25) is 9.78 Å². The first-order valence-corrected chi connectivity index (χ1v) is 4.89. The summed E-state index contributed by atoms with van der Waals surface area (Å²) < 4.78 is 0.939. The second-order valence-electron chi connectivity index (χ2n) is 2.65. The van der Waals surface area contributed by atoms with Crippen molar-refractivity contribution in [1.82, 2.24) is 19.5 Å². The van der Waals surface area contributed by atoms with Crippen LogP contribution in [0.4, 0.5) is 0 Å². The first-order valence-electron chi connectivity index (χ1n) is 3.91. The van der Waals surface area contributed by atoms with Gasteiger partial charge in [-0.2, -0.15) is 5.26 Å². The van der Waals surface area contributed by atoms with Crippen LogP contribution >= 0.6 is 11.8 Å². The molecule has 2 aromatic heterocycles. The van der Waals surface area contributed by atoms with Crippen molar-refractivity contribution in [3.8, 4) is 5.40 Å². The van der Waals surface area contributed by atoms with E-state index in [2.05, 4.69) is 15.0 Å². The van der Waals surface area contributed by atoms with Crippen LogP contribution in [0.25, 0.3) is 11.2 Å². The van der Waals surface area contributed by atoms with E-state index in [1.54, 1.807) is 5.40 Å². The van der Waals surface area contributed by atoms with E-state index in [1.165, 1.54) is 6.33 Å². The number of nitrogens with one attached hydrogen (secondary N) is 2. The Morgan fingerprint density at radius 1 is 1.60 bits per heavy atom. The van der Waals surface area contributed by atoms with Gasteiger partial charge in [-0.1, -0.05) is 0 Å². The van der Waals surface area contributed by atoms with E-state index in [9.17, 15) is 9.59 Å². The maximum absolute atomic E-state index is 11.7. The summed E-state index contributed by atoms with van der Waals surface area (Å²) in [5, 5.41) is 10.1. The number of thiocyanates is 1. The smallest absolute Gasteiger partial charge is 0.330 e. The SMILES string of the molecule is N#CSCn1c(=O)[nH]c2nc[nH]c2c1=O. The molecule has 0 aromatic carbocycles. The fourth-order valence-electron chi connectivity index (χ4n) is 1.16. The van der Waals surface area contributed by atoms with Crippen molar-refractivity contribution in [2.45, 2.75) is 5.88 Å². The van der Waals surface area contributed by atoms with Crippen LogP contribution in [0.5, 0.6) is 0 Å². The van der Waals surface area contributed by atoms with Crippen LogP contribution in [0.15, 0.2) is 15.9 Å². The minimum Gasteiger partial charge on any atom is -0.339 e. The largest absolute Gasteiger partial charge is 0.339 e. The van der Waals surface area contributed by atoms with Gasteiger partial charge in [0.25, 0.3) is 5.56 Å². The maximum atomic E-state index is 11.7. The number of nitriles is 1. The molecule has 2 heterocycles. The van der Waals surface area contributed by atoms with E-state index in [0.717, 1.165) is 16.3 Å². The lowest BCUT2D eigenvalue weighted by Gasteiger charge is -1.99. The molecule has 0 saturated carbocycles. The van der Waals surface area contributed by atoms with Gasteiger partial charge in [0.05, 0.1) is 12.2 Å². The van der Waals surface area contributed by atoms with Gasteiger partial charge in [0, 0.05) is 0 Å². The third kappa shape index (κ3) is 1.53. The molecule has 0 fully saturated rings. The fraction of sp³-hybridized carbons (Fsp3) is 0.143. The van der Waals surface area contributed by atoms with Crippen LogP contribution < -0.4 is 11.2 Å². The quantitative estimate of drug-likeness (QED) is 0.672. The molecular formula is C7H5N5O2S. The zero-order valence-electron chi connectivity index (χ0n) is 7.35. The minimum absolute atomic E-state index is 0.000370. The molecule has 2 aromatic rings. The highest BCUT2D eigenvalue weighted by Gasteiger charge is 2.08. The Hall–Kier alpha value is -2.01. The van der Waals surface area contributed by atoms with Gasteiger partial charge < -0.3 is 4.98 Å². The number of hydrogen-bond acceptors (Lipinski definition) is 5. The van der Waals surface area contributed by atoms with Crippen LogP contribution in [0.3, 0.4) is 0 Å². The molecule has 0 amide bonds. The number of hydrogen-bond donors (Lipinski definition) is 2. The summed E-state index contributed by atoms with van der Waals surface area (Å²) in [5.41, 5.74) is -0.590. The monoisotopic (exact) mass is 223 g/mol. The van der Waals surface area contributed by atoms with Crippen LogP contribution in [-0.2, 0) is 5.88 Å². The Kier molecular flexibility index (Phi) is 2.31. The van der Waals surface area contributed by atoms with E-state index in [0.29, 0.717) is 0 Å². The lowest BCUT2D eigenvalue weighted by molar-refractivity contribution is 0.776. The zero-order chi connectivity index (χ0) is 10.8. The van der Waals surface area contributed by atoms with Gasteiger partial charge >= 0.3 is 5.69 Å². The van der Waals surface area contributed by atoms with Crippen molar-refractivity contribution < 1.29 is 0 Å². The summed E-state index contributed by atoms with van der Waals surface area (Å²) in [6, 6.07) is 0. The summed E-state index contributed by atoms with van der Waals surface area (Å²) in [7, 11) is 0. The molecule has 0 radical (unpaired) electrons. The van der Waals surface area contributed by atoms with Crippen molar-refractivity contribution in [2.24, 2.45) is 0 Å². The highest BCUT2D eigenvalue weighted by Crippen LogP contribution is 1.99. The average Bonchev–Trinajstić information content (AvgIpc) is 2.65. The molecule has 2 N–H and O–H groups in total. The molecule has 0 aliphatic heterocycles. The Bertz CT molecular complexity index is 646. The van der Waals surface area contributed by atoms with Crippen LogP contribution in [0.2, 0.25) is 0 Å². The van der Waals surface area contributed by atoms with Crippen molar-refractivity contribution in [3.63, 3.8) is 0 Å².